The number of aromatic nitrogens is 2. The van der Waals surface area contributed by atoms with Gasteiger partial charge in [0.1, 0.15) is 5.01 Å². The molecule has 0 spiro atoms. The molecule has 0 aromatic carbocycles. The summed E-state index contributed by atoms with van der Waals surface area (Å²) >= 11 is 1.73. The van der Waals surface area contributed by atoms with Crippen molar-refractivity contribution in [3.63, 3.8) is 0 Å². The van der Waals surface area contributed by atoms with Crippen molar-refractivity contribution in [1.82, 2.24) is 15.1 Å². The Morgan fingerprint density at radius 3 is 2.90 bits per heavy atom. The fourth-order valence-corrected chi connectivity index (χ4v) is 3.79. The van der Waals surface area contributed by atoms with Crippen LogP contribution in [0.25, 0.3) is 0 Å². The van der Waals surface area contributed by atoms with E-state index in [2.05, 4.69) is 41.2 Å². The largest absolute Gasteiger partial charge is 0.357 e. The predicted molar refractivity (Wildman–Crippen MR) is 86.4 cm³/mol. The van der Waals surface area contributed by atoms with Crippen LogP contribution in [0.2, 0.25) is 0 Å². The number of likely N-dealkylation sites (tertiary alicyclic amines) is 1. The molecule has 2 rings (SSSR count). The molecule has 1 N–H and O–H groups in total. The molecule has 4 nitrogen and oxygen atoms in total. The van der Waals surface area contributed by atoms with Gasteiger partial charge in [-0.2, -0.15) is 0 Å². The van der Waals surface area contributed by atoms with Crippen molar-refractivity contribution in [3.05, 3.63) is 5.01 Å². The van der Waals surface area contributed by atoms with Gasteiger partial charge in [0.15, 0.2) is 0 Å². The van der Waals surface area contributed by atoms with Crippen LogP contribution in [0.4, 0.5) is 5.13 Å². The monoisotopic (exact) mass is 296 g/mol. The van der Waals surface area contributed by atoms with E-state index in [4.69, 9.17) is 0 Å². The molecule has 1 saturated heterocycles. The molecule has 1 atom stereocenters. The molecule has 1 unspecified atom stereocenters. The summed E-state index contributed by atoms with van der Waals surface area (Å²) in [4.78, 5) is 2.59. The van der Waals surface area contributed by atoms with Crippen LogP contribution in [-0.4, -0.2) is 40.8 Å². The van der Waals surface area contributed by atoms with Gasteiger partial charge in [-0.3, -0.25) is 0 Å². The lowest BCUT2D eigenvalue weighted by atomic mass is 10.1. The SMILES string of the molecule is CCCN1CCCC(Nc2nnc(CC(C)C)s2)CC1. The highest BCUT2D eigenvalue weighted by Gasteiger charge is 2.17. The predicted octanol–water partition coefficient (Wildman–Crippen LogP) is 3.41. The first-order chi connectivity index (χ1) is 9.67. The lowest BCUT2D eigenvalue weighted by molar-refractivity contribution is 0.285. The second-order valence-corrected chi connectivity index (χ2v) is 7.27. The third-order valence-corrected chi connectivity index (χ3v) is 4.61. The van der Waals surface area contributed by atoms with Gasteiger partial charge in [-0.15, -0.1) is 10.2 Å². The summed E-state index contributed by atoms with van der Waals surface area (Å²) in [5.41, 5.74) is 0. The fraction of sp³-hybridized carbons (Fsp3) is 0.867. The molecule has 2 heterocycles. The molecule has 1 aromatic rings. The Morgan fingerprint density at radius 2 is 2.15 bits per heavy atom. The van der Waals surface area contributed by atoms with Crippen LogP contribution in [0.5, 0.6) is 0 Å². The standard InChI is InChI=1S/C15H28N4S/c1-4-8-19-9-5-6-13(7-10-19)16-15-18-17-14(20-15)11-12(2)3/h12-13H,4-11H2,1-3H3,(H,16,18). The lowest BCUT2D eigenvalue weighted by Gasteiger charge is -2.19. The average molecular weight is 296 g/mol. The van der Waals surface area contributed by atoms with E-state index in [1.165, 1.54) is 45.3 Å². The Morgan fingerprint density at radius 1 is 1.30 bits per heavy atom. The molecule has 0 radical (unpaired) electrons. The lowest BCUT2D eigenvalue weighted by Crippen LogP contribution is -2.27. The highest BCUT2D eigenvalue weighted by Crippen LogP contribution is 2.22. The molecule has 0 amide bonds. The Kier molecular flexibility index (Phi) is 6.23. The van der Waals surface area contributed by atoms with Crippen LogP contribution in [0.15, 0.2) is 0 Å². The van der Waals surface area contributed by atoms with Crippen molar-refractivity contribution >= 4 is 16.5 Å². The fourth-order valence-electron chi connectivity index (χ4n) is 2.76. The zero-order valence-electron chi connectivity index (χ0n) is 13.1. The maximum atomic E-state index is 4.29. The van der Waals surface area contributed by atoms with Crippen LogP contribution >= 0.6 is 11.3 Å². The van der Waals surface area contributed by atoms with Gasteiger partial charge in [0, 0.05) is 19.0 Å². The molecule has 20 heavy (non-hydrogen) atoms. The van der Waals surface area contributed by atoms with Gasteiger partial charge in [0.2, 0.25) is 5.13 Å². The summed E-state index contributed by atoms with van der Waals surface area (Å²) in [7, 11) is 0. The first kappa shape index (κ1) is 15.7. The van der Waals surface area contributed by atoms with Crippen LogP contribution in [-0.2, 0) is 6.42 Å². The number of nitrogens with zero attached hydrogens (tertiary/aromatic N) is 3. The minimum absolute atomic E-state index is 0.566. The summed E-state index contributed by atoms with van der Waals surface area (Å²) in [5, 5.41) is 14.3. The zero-order valence-corrected chi connectivity index (χ0v) is 13.9. The van der Waals surface area contributed by atoms with E-state index in [1.807, 2.05) is 0 Å². The highest BCUT2D eigenvalue weighted by atomic mass is 32.1. The Balaban J connectivity index is 1.82. The Labute approximate surface area is 127 Å². The van der Waals surface area contributed by atoms with Crippen LogP contribution in [0.3, 0.4) is 0 Å². The van der Waals surface area contributed by atoms with Crippen molar-refractivity contribution in [2.45, 2.75) is 58.9 Å². The molecule has 1 fully saturated rings. The van der Waals surface area contributed by atoms with E-state index < -0.39 is 0 Å². The van der Waals surface area contributed by atoms with E-state index in [1.54, 1.807) is 11.3 Å². The molecule has 114 valence electrons. The third kappa shape index (κ3) is 5.02. The maximum Gasteiger partial charge on any atom is 0.205 e. The minimum atomic E-state index is 0.566. The molecule has 1 aromatic heterocycles. The number of rotatable bonds is 6. The molecule has 1 aliphatic heterocycles. The van der Waals surface area contributed by atoms with Gasteiger partial charge in [-0.25, -0.2) is 0 Å². The van der Waals surface area contributed by atoms with Gasteiger partial charge in [0.05, 0.1) is 0 Å². The van der Waals surface area contributed by atoms with Gasteiger partial charge < -0.3 is 10.2 Å². The molecule has 5 heteroatoms. The zero-order chi connectivity index (χ0) is 14.4. The van der Waals surface area contributed by atoms with Crippen molar-refractivity contribution in [1.29, 1.82) is 0 Å². The van der Waals surface area contributed by atoms with Crippen molar-refractivity contribution in [2.24, 2.45) is 5.92 Å². The molecule has 0 aliphatic carbocycles. The summed E-state index contributed by atoms with van der Waals surface area (Å²) in [5.74, 6) is 0.649. The number of hydrogen-bond acceptors (Lipinski definition) is 5. The smallest absolute Gasteiger partial charge is 0.205 e. The van der Waals surface area contributed by atoms with Gasteiger partial charge in [-0.05, 0) is 44.7 Å². The number of anilines is 1. The quantitative estimate of drug-likeness (QED) is 0.873. The van der Waals surface area contributed by atoms with Crippen LogP contribution < -0.4 is 5.32 Å². The van der Waals surface area contributed by atoms with E-state index in [-0.39, 0.29) is 0 Å². The molecular weight excluding hydrogens is 268 g/mol. The van der Waals surface area contributed by atoms with Gasteiger partial charge in [-0.1, -0.05) is 32.1 Å². The topological polar surface area (TPSA) is 41.0 Å². The summed E-state index contributed by atoms with van der Waals surface area (Å²) in [6.07, 6.45) is 6.05. The van der Waals surface area contributed by atoms with Crippen LogP contribution in [0, 0.1) is 5.92 Å². The first-order valence-electron chi connectivity index (χ1n) is 7.98. The second-order valence-electron chi connectivity index (χ2n) is 6.21. The summed E-state index contributed by atoms with van der Waals surface area (Å²) in [6.45, 7) is 10.4. The van der Waals surface area contributed by atoms with Crippen LogP contribution in [0.1, 0.15) is 51.5 Å². The highest BCUT2D eigenvalue weighted by molar-refractivity contribution is 7.15. The third-order valence-electron chi connectivity index (χ3n) is 3.74. The van der Waals surface area contributed by atoms with E-state index >= 15 is 0 Å². The molecule has 0 bridgehead atoms. The van der Waals surface area contributed by atoms with Crippen molar-refractivity contribution in [3.8, 4) is 0 Å². The van der Waals surface area contributed by atoms with Crippen molar-refractivity contribution < 1.29 is 0 Å². The Hall–Kier alpha value is -0.680. The van der Waals surface area contributed by atoms with Gasteiger partial charge >= 0.3 is 0 Å². The average Bonchev–Trinajstić information content (AvgIpc) is 2.69. The summed E-state index contributed by atoms with van der Waals surface area (Å²) < 4.78 is 0. The van der Waals surface area contributed by atoms with Crippen molar-refractivity contribution in [2.75, 3.05) is 25.0 Å². The number of nitrogens with one attached hydrogen (secondary N) is 1. The molecule has 0 saturated carbocycles. The van der Waals surface area contributed by atoms with E-state index in [0.29, 0.717) is 12.0 Å². The Bertz CT molecular complexity index is 391. The molecular formula is C15H28N4S. The maximum absolute atomic E-state index is 4.29. The van der Waals surface area contributed by atoms with Gasteiger partial charge in [0.25, 0.3) is 0 Å². The number of hydrogen-bond donors (Lipinski definition) is 1. The molecule has 1 aliphatic rings. The second kappa shape index (κ2) is 7.93. The van der Waals surface area contributed by atoms with E-state index in [9.17, 15) is 0 Å². The minimum Gasteiger partial charge on any atom is -0.357 e. The van der Waals surface area contributed by atoms with E-state index in [0.717, 1.165) is 16.6 Å². The summed E-state index contributed by atoms with van der Waals surface area (Å²) in [6, 6.07) is 0.566. The normalized spacial score (nSPS) is 21.1. The first-order valence-corrected chi connectivity index (χ1v) is 8.80.